The Bertz CT molecular complexity index is 299. The number of carboxylic acid groups (broad SMARTS) is 1. The normalized spacial score (nSPS) is 10.7. The van der Waals surface area contributed by atoms with Crippen LogP contribution in [0.4, 0.5) is 0 Å². The molecule has 0 saturated carbocycles. The predicted molar refractivity (Wildman–Crippen MR) is 46.6 cm³/mol. The minimum Gasteiger partial charge on any atom is -0.478 e. The van der Waals surface area contributed by atoms with E-state index in [9.17, 15) is 4.79 Å². The summed E-state index contributed by atoms with van der Waals surface area (Å²) in [6.45, 7) is 5.82. The number of carboxylic acids is 1. The van der Waals surface area contributed by atoms with Crippen molar-refractivity contribution in [2.75, 3.05) is 0 Å². The molecule has 0 aliphatic heterocycles. The molecule has 0 unspecified atom stereocenters. The first-order valence-corrected chi connectivity index (χ1v) is 3.95. The molecule has 0 radical (unpaired) electrons. The zero-order valence-corrected chi connectivity index (χ0v) is 7.51. The summed E-state index contributed by atoms with van der Waals surface area (Å²) in [4.78, 5) is 13.7. The van der Waals surface area contributed by atoms with E-state index in [2.05, 4.69) is 4.98 Å². The molecule has 0 fully saturated rings. The minimum atomic E-state index is -0.865. The number of rotatable bonds is 2. The van der Waals surface area contributed by atoms with E-state index in [-0.39, 0.29) is 0 Å². The highest BCUT2D eigenvalue weighted by Gasteiger charge is 2.12. The lowest BCUT2D eigenvalue weighted by atomic mass is 10.1. The molecule has 1 heterocycles. The number of aryl methyl sites for hydroxylation is 1. The van der Waals surface area contributed by atoms with Gasteiger partial charge in [0.1, 0.15) is 0 Å². The Morgan fingerprint density at radius 2 is 2.17 bits per heavy atom. The van der Waals surface area contributed by atoms with Crippen LogP contribution in [-0.2, 0) is 0 Å². The van der Waals surface area contributed by atoms with Crippen LogP contribution in [0.15, 0.2) is 6.07 Å². The lowest BCUT2D eigenvalue weighted by molar-refractivity contribution is 0.0696. The molecule has 0 aliphatic carbocycles. The van der Waals surface area contributed by atoms with Crippen LogP contribution in [0.25, 0.3) is 0 Å². The van der Waals surface area contributed by atoms with Crippen molar-refractivity contribution in [1.29, 1.82) is 0 Å². The summed E-state index contributed by atoms with van der Waals surface area (Å²) in [5.74, 6) is -0.521. The van der Waals surface area contributed by atoms with Gasteiger partial charge in [0.15, 0.2) is 0 Å². The topological polar surface area (TPSA) is 53.1 Å². The molecule has 0 amide bonds. The van der Waals surface area contributed by atoms with Crippen LogP contribution >= 0.6 is 0 Å². The van der Waals surface area contributed by atoms with Gasteiger partial charge >= 0.3 is 5.97 Å². The van der Waals surface area contributed by atoms with Gasteiger partial charge in [0.05, 0.1) is 5.56 Å². The minimum absolute atomic E-state index is 0.344. The van der Waals surface area contributed by atoms with Gasteiger partial charge in [-0.3, -0.25) is 0 Å². The summed E-state index contributed by atoms with van der Waals surface area (Å²) < 4.78 is 0. The summed E-state index contributed by atoms with van der Waals surface area (Å²) in [7, 11) is 0. The standard InChI is InChI=1S/C9H13NO2/c1-5(2)8-4-7(9(11)12)6(3)10-8/h4-5,10H,1-3H3,(H,11,12). The predicted octanol–water partition coefficient (Wildman–Crippen LogP) is 2.14. The Labute approximate surface area is 71.4 Å². The van der Waals surface area contributed by atoms with Gasteiger partial charge in [0, 0.05) is 11.4 Å². The number of aromatic amines is 1. The second-order valence-corrected chi connectivity index (χ2v) is 3.22. The third-order valence-electron chi connectivity index (χ3n) is 1.89. The summed E-state index contributed by atoms with van der Waals surface area (Å²) in [5, 5.41) is 8.74. The van der Waals surface area contributed by atoms with Crippen LogP contribution < -0.4 is 0 Å². The van der Waals surface area contributed by atoms with E-state index in [1.54, 1.807) is 13.0 Å². The van der Waals surface area contributed by atoms with Crippen molar-refractivity contribution in [3.63, 3.8) is 0 Å². The molecule has 0 aliphatic rings. The SMILES string of the molecule is Cc1[nH]c(C(C)C)cc1C(=O)O. The van der Waals surface area contributed by atoms with Crippen LogP contribution in [0.3, 0.4) is 0 Å². The molecular weight excluding hydrogens is 154 g/mol. The van der Waals surface area contributed by atoms with E-state index < -0.39 is 5.97 Å². The number of nitrogens with one attached hydrogen (secondary N) is 1. The third kappa shape index (κ3) is 1.49. The molecule has 12 heavy (non-hydrogen) atoms. The van der Waals surface area contributed by atoms with Gasteiger partial charge in [-0.25, -0.2) is 4.79 Å². The quantitative estimate of drug-likeness (QED) is 0.709. The van der Waals surface area contributed by atoms with Crippen LogP contribution in [0.5, 0.6) is 0 Å². The molecule has 1 aromatic rings. The van der Waals surface area contributed by atoms with Crippen molar-refractivity contribution in [3.05, 3.63) is 23.0 Å². The number of aromatic nitrogens is 1. The Morgan fingerprint density at radius 3 is 2.42 bits per heavy atom. The third-order valence-corrected chi connectivity index (χ3v) is 1.89. The second kappa shape index (κ2) is 3.01. The van der Waals surface area contributed by atoms with Gasteiger partial charge in [-0.2, -0.15) is 0 Å². The summed E-state index contributed by atoms with van der Waals surface area (Å²) in [6, 6.07) is 1.70. The van der Waals surface area contributed by atoms with Gasteiger partial charge in [-0.1, -0.05) is 13.8 Å². The fraction of sp³-hybridized carbons (Fsp3) is 0.444. The molecule has 0 saturated heterocycles. The van der Waals surface area contributed by atoms with Gasteiger partial charge in [-0.05, 0) is 18.9 Å². The molecule has 1 rings (SSSR count). The zero-order valence-electron chi connectivity index (χ0n) is 7.51. The lowest BCUT2D eigenvalue weighted by Gasteiger charge is -1.97. The number of carbonyl (C=O) groups is 1. The van der Waals surface area contributed by atoms with E-state index in [1.165, 1.54) is 0 Å². The van der Waals surface area contributed by atoms with Crippen LogP contribution in [0, 0.1) is 6.92 Å². The number of aromatic carboxylic acids is 1. The Kier molecular flexibility index (Phi) is 2.22. The number of H-pyrrole nitrogens is 1. The first-order valence-electron chi connectivity index (χ1n) is 3.95. The van der Waals surface area contributed by atoms with E-state index in [4.69, 9.17) is 5.11 Å². The van der Waals surface area contributed by atoms with Crippen LogP contribution in [-0.4, -0.2) is 16.1 Å². The highest BCUT2D eigenvalue weighted by Crippen LogP contribution is 2.17. The Morgan fingerprint density at radius 1 is 1.58 bits per heavy atom. The molecule has 2 N–H and O–H groups in total. The van der Waals surface area contributed by atoms with Crippen molar-refractivity contribution in [1.82, 2.24) is 4.98 Å². The van der Waals surface area contributed by atoms with E-state index in [1.807, 2.05) is 13.8 Å². The highest BCUT2D eigenvalue weighted by atomic mass is 16.4. The first kappa shape index (κ1) is 8.84. The Balaban J connectivity index is 3.09. The molecule has 0 bridgehead atoms. The van der Waals surface area contributed by atoms with Gasteiger partial charge < -0.3 is 10.1 Å². The maximum absolute atomic E-state index is 10.6. The van der Waals surface area contributed by atoms with E-state index >= 15 is 0 Å². The van der Waals surface area contributed by atoms with Crippen LogP contribution in [0.2, 0.25) is 0 Å². The zero-order chi connectivity index (χ0) is 9.30. The van der Waals surface area contributed by atoms with Crippen LogP contribution in [0.1, 0.15) is 41.5 Å². The fourth-order valence-electron chi connectivity index (χ4n) is 1.12. The highest BCUT2D eigenvalue weighted by molar-refractivity contribution is 5.89. The molecule has 0 aromatic carbocycles. The number of hydrogen-bond donors (Lipinski definition) is 2. The molecular formula is C9H13NO2. The lowest BCUT2D eigenvalue weighted by Crippen LogP contribution is -1.95. The number of hydrogen-bond acceptors (Lipinski definition) is 1. The molecule has 3 nitrogen and oxygen atoms in total. The average molecular weight is 167 g/mol. The molecule has 0 atom stereocenters. The Hall–Kier alpha value is -1.25. The summed E-state index contributed by atoms with van der Waals surface area (Å²) >= 11 is 0. The van der Waals surface area contributed by atoms with E-state index in [0.29, 0.717) is 11.5 Å². The van der Waals surface area contributed by atoms with Crippen molar-refractivity contribution in [2.45, 2.75) is 26.7 Å². The average Bonchev–Trinajstić information content (AvgIpc) is 2.30. The smallest absolute Gasteiger partial charge is 0.337 e. The second-order valence-electron chi connectivity index (χ2n) is 3.22. The summed E-state index contributed by atoms with van der Waals surface area (Å²) in [6.07, 6.45) is 0. The van der Waals surface area contributed by atoms with Crippen molar-refractivity contribution in [3.8, 4) is 0 Å². The van der Waals surface area contributed by atoms with E-state index in [0.717, 1.165) is 11.4 Å². The maximum Gasteiger partial charge on any atom is 0.337 e. The van der Waals surface area contributed by atoms with Gasteiger partial charge in [0.25, 0.3) is 0 Å². The monoisotopic (exact) mass is 167 g/mol. The molecule has 1 aromatic heterocycles. The first-order chi connectivity index (χ1) is 5.52. The van der Waals surface area contributed by atoms with Crippen molar-refractivity contribution < 1.29 is 9.90 Å². The van der Waals surface area contributed by atoms with Crippen molar-refractivity contribution >= 4 is 5.97 Å². The molecule has 66 valence electrons. The largest absolute Gasteiger partial charge is 0.478 e. The summed E-state index contributed by atoms with van der Waals surface area (Å²) in [5.41, 5.74) is 2.08. The van der Waals surface area contributed by atoms with Gasteiger partial charge in [-0.15, -0.1) is 0 Å². The fourth-order valence-corrected chi connectivity index (χ4v) is 1.12. The van der Waals surface area contributed by atoms with Gasteiger partial charge in [0.2, 0.25) is 0 Å². The molecule has 3 heteroatoms. The van der Waals surface area contributed by atoms with Crippen molar-refractivity contribution in [2.24, 2.45) is 0 Å². The maximum atomic E-state index is 10.6. The molecule has 0 spiro atoms.